The highest BCUT2D eigenvalue weighted by atomic mass is 15.2. The van der Waals surface area contributed by atoms with Crippen LogP contribution in [0.1, 0.15) is 38.3 Å². The molecule has 0 unspecified atom stereocenters. The highest BCUT2D eigenvalue weighted by Crippen LogP contribution is 2.25. The summed E-state index contributed by atoms with van der Waals surface area (Å²) in [6.45, 7) is 4.29. The summed E-state index contributed by atoms with van der Waals surface area (Å²) < 4.78 is 0. The Kier molecular flexibility index (Phi) is 3.19. The molecule has 0 spiro atoms. The maximum Gasteiger partial charge on any atom is 0.148 e. The van der Waals surface area contributed by atoms with Gasteiger partial charge in [0.2, 0.25) is 0 Å². The number of nitrogens with zero attached hydrogens (tertiary/aromatic N) is 2. The molecule has 0 bridgehead atoms. The monoisotopic (exact) mass is 205 g/mol. The molecule has 0 saturated heterocycles. The third-order valence-electron chi connectivity index (χ3n) is 3.17. The Labute approximate surface area is 91.3 Å². The number of rotatable bonds is 2. The van der Waals surface area contributed by atoms with Crippen molar-refractivity contribution in [3.05, 3.63) is 17.8 Å². The van der Waals surface area contributed by atoms with E-state index in [1.165, 1.54) is 25.7 Å². The minimum Gasteiger partial charge on any atom is -0.366 e. The highest BCUT2D eigenvalue weighted by Gasteiger charge is 2.17. The Morgan fingerprint density at radius 1 is 1.13 bits per heavy atom. The van der Waals surface area contributed by atoms with E-state index < -0.39 is 0 Å². The topological polar surface area (TPSA) is 37.8 Å². The van der Waals surface area contributed by atoms with Crippen LogP contribution in [-0.4, -0.2) is 16.2 Å². The largest absolute Gasteiger partial charge is 0.366 e. The zero-order valence-corrected chi connectivity index (χ0v) is 9.53. The summed E-state index contributed by atoms with van der Waals surface area (Å²) in [5.74, 6) is 1.81. The van der Waals surface area contributed by atoms with E-state index in [-0.39, 0.29) is 0 Å². The molecule has 0 amide bonds. The molecule has 3 nitrogen and oxygen atoms in total. The van der Waals surface area contributed by atoms with E-state index in [1.54, 1.807) is 0 Å². The van der Waals surface area contributed by atoms with Crippen LogP contribution in [0.5, 0.6) is 0 Å². The van der Waals surface area contributed by atoms with Gasteiger partial charge < -0.3 is 5.32 Å². The number of hydrogen-bond donors (Lipinski definition) is 1. The van der Waals surface area contributed by atoms with E-state index in [0.717, 1.165) is 17.4 Å². The van der Waals surface area contributed by atoms with Crippen molar-refractivity contribution in [3.63, 3.8) is 0 Å². The van der Waals surface area contributed by atoms with Crippen molar-refractivity contribution >= 4 is 5.82 Å². The Hall–Kier alpha value is -1.12. The number of nitrogens with one attached hydrogen (secondary N) is 1. The Morgan fingerprint density at radius 3 is 2.47 bits per heavy atom. The van der Waals surface area contributed by atoms with Crippen LogP contribution in [0.3, 0.4) is 0 Å². The average molecular weight is 205 g/mol. The molecule has 1 aliphatic rings. The molecule has 1 aliphatic carbocycles. The summed E-state index contributed by atoms with van der Waals surface area (Å²) in [5, 5.41) is 11.6. The summed E-state index contributed by atoms with van der Waals surface area (Å²) in [4.78, 5) is 0. The Morgan fingerprint density at radius 2 is 1.87 bits per heavy atom. The van der Waals surface area contributed by atoms with E-state index in [1.807, 2.05) is 19.1 Å². The van der Waals surface area contributed by atoms with Crippen LogP contribution < -0.4 is 5.32 Å². The minimum absolute atomic E-state index is 0.596. The maximum absolute atomic E-state index is 4.13. The molecule has 1 aromatic rings. The maximum atomic E-state index is 4.13. The molecule has 1 saturated carbocycles. The second-order valence-corrected chi connectivity index (χ2v) is 4.66. The first-order valence-electron chi connectivity index (χ1n) is 5.81. The highest BCUT2D eigenvalue weighted by molar-refractivity contribution is 5.34. The Balaban J connectivity index is 1.89. The average Bonchev–Trinajstić information content (AvgIpc) is 2.25. The third-order valence-corrected chi connectivity index (χ3v) is 3.17. The molecule has 0 aliphatic heterocycles. The fraction of sp³-hybridized carbons (Fsp3) is 0.667. The van der Waals surface area contributed by atoms with E-state index in [2.05, 4.69) is 22.4 Å². The number of hydrogen-bond acceptors (Lipinski definition) is 3. The molecule has 1 heterocycles. The van der Waals surface area contributed by atoms with Crippen molar-refractivity contribution in [2.24, 2.45) is 5.92 Å². The van der Waals surface area contributed by atoms with Crippen LogP contribution in [0.2, 0.25) is 0 Å². The van der Waals surface area contributed by atoms with Gasteiger partial charge in [-0.25, -0.2) is 0 Å². The SMILES string of the molecule is Cc1ccc(NC2CCC(C)CC2)nn1. The second-order valence-electron chi connectivity index (χ2n) is 4.66. The molecular formula is C12H19N3. The van der Waals surface area contributed by atoms with Gasteiger partial charge in [0.05, 0.1) is 5.69 Å². The van der Waals surface area contributed by atoms with E-state index in [4.69, 9.17) is 0 Å². The molecular weight excluding hydrogens is 186 g/mol. The molecule has 2 rings (SSSR count). The lowest BCUT2D eigenvalue weighted by molar-refractivity contribution is 0.360. The van der Waals surface area contributed by atoms with E-state index in [9.17, 15) is 0 Å². The molecule has 1 fully saturated rings. The van der Waals surface area contributed by atoms with Crippen molar-refractivity contribution in [1.82, 2.24) is 10.2 Å². The normalized spacial score (nSPS) is 26.3. The molecule has 1 aromatic heterocycles. The van der Waals surface area contributed by atoms with Crippen molar-refractivity contribution in [2.45, 2.75) is 45.6 Å². The van der Waals surface area contributed by atoms with Gasteiger partial charge in [0.15, 0.2) is 0 Å². The number of anilines is 1. The molecule has 0 aromatic carbocycles. The Bertz CT molecular complexity index is 299. The lowest BCUT2D eigenvalue weighted by atomic mass is 9.87. The van der Waals surface area contributed by atoms with Crippen LogP contribution in [0.4, 0.5) is 5.82 Å². The van der Waals surface area contributed by atoms with Gasteiger partial charge in [0.25, 0.3) is 0 Å². The van der Waals surface area contributed by atoms with Gasteiger partial charge in [-0.05, 0) is 50.7 Å². The molecule has 82 valence electrons. The smallest absolute Gasteiger partial charge is 0.148 e. The van der Waals surface area contributed by atoms with Gasteiger partial charge in [-0.1, -0.05) is 6.92 Å². The van der Waals surface area contributed by atoms with Gasteiger partial charge in [-0.2, -0.15) is 5.10 Å². The third kappa shape index (κ3) is 2.91. The first-order chi connectivity index (χ1) is 7.24. The summed E-state index contributed by atoms with van der Waals surface area (Å²) in [6, 6.07) is 4.61. The molecule has 1 N–H and O–H groups in total. The number of aromatic nitrogens is 2. The van der Waals surface area contributed by atoms with Crippen molar-refractivity contribution in [2.75, 3.05) is 5.32 Å². The zero-order valence-electron chi connectivity index (χ0n) is 9.53. The van der Waals surface area contributed by atoms with E-state index in [0.29, 0.717) is 6.04 Å². The summed E-state index contributed by atoms with van der Waals surface area (Å²) in [5.41, 5.74) is 0.970. The first kappa shape index (κ1) is 10.4. The molecule has 0 radical (unpaired) electrons. The molecule has 3 heteroatoms. The van der Waals surface area contributed by atoms with Crippen LogP contribution in [0.15, 0.2) is 12.1 Å². The van der Waals surface area contributed by atoms with E-state index >= 15 is 0 Å². The van der Waals surface area contributed by atoms with Crippen molar-refractivity contribution < 1.29 is 0 Å². The van der Waals surface area contributed by atoms with Gasteiger partial charge in [0, 0.05) is 6.04 Å². The quantitative estimate of drug-likeness (QED) is 0.806. The van der Waals surface area contributed by atoms with Gasteiger partial charge >= 0.3 is 0 Å². The van der Waals surface area contributed by atoms with Gasteiger partial charge in [0.1, 0.15) is 5.82 Å². The van der Waals surface area contributed by atoms with Gasteiger partial charge in [-0.15, -0.1) is 5.10 Å². The van der Waals surface area contributed by atoms with Gasteiger partial charge in [-0.3, -0.25) is 0 Å². The molecule has 0 atom stereocenters. The predicted octanol–water partition coefficient (Wildman–Crippen LogP) is 2.78. The van der Waals surface area contributed by atoms with Crippen LogP contribution >= 0.6 is 0 Å². The zero-order chi connectivity index (χ0) is 10.7. The number of aryl methyl sites for hydroxylation is 1. The van der Waals surface area contributed by atoms with Crippen molar-refractivity contribution in [1.29, 1.82) is 0 Å². The van der Waals surface area contributed by atoms with Crippen LogP contribution in [-0.2, 0) is 0 Å². The first-order valence-corrected chi connectivity index (χ1v) is 5.81. The summed E-state index contributed by atoms with van der Waals surface area (Å²) >= 11 is 0. The van der Waals surface area contributed by atoms with Crippen molar-refractivity contribution in [3.8, 4) is 0 Å². The summed E-state index contributed by atoms with van der Waals surface area (Å²) in [6.07, 6.45) is 5.18. The summed E-state index contributed by atoms with van der Waals surface area (Å²) in [7, 11) is 0. The van der Waals surface area contributed by atoms with Crippen LogP contribution in [0, 0.1) is 12.8 Å². The second kappa shape index (κ2) is 4.60. The standard InChI is InChI=1S/C12H19N3/c1-9-3-6-11(7-4-9)13-12-8-5-10(2)14-15-12/h5,8-9,11H,3-4,6-7H2,1-2H3,(H,13,15). The predicted molar refractivity (Wildman–Crippen MR) is 61.8 cm³/mol. The fourth-order valence-electron chi connectivity index (χ4n) is 2.09. The fourth-order valence-corrected chi connectivity index (χ4v) is 2.09. The lowest BCUT2D eigenvalue weighted by Gasteiger charge is -2.27. The van der Waals surface area contributed by atoms with Crippen LogP contribution in [0.25, 0.3) is 0 Å². The minimum atomic E-state index is 0.596. The molecule has 15 heavy (non-hydrogen) atoms. The lowest BCUT2D eigenvalue weighted by Crippen LogP contribution is -2.25.